The van der Waals surface area contributed by atoms with Crippen LogP contribution in [-0.4, -0.2) is 18.8 Å². The second-order valence-corrected chi connectivity index (χ2v) is 2.53. The van der Waals surface area contributed by atoms with E-state index in [0.717, 1.165) is 19.4 Å². The van der Waals surface area contributed by atoms with Gasteiger partial charge in [-0.15, -0.1) is 24.0 Å². The van der Waals surface area contributed by atoms with E-state index >= 15 is 0 Å². The van der Waals surface area contributed by atoms with Crippen LogP contribution in [0.5, 0.6) is 0 Å². The van der Waals surface area contributed by atoms with Gasteiger partial charge < -0.3 is 10.5 Å². The summed E-state index contributed by atoms with van der Waals surface area (Å²) in [6.07, 6.45) is 2.02. The van der Waals surface area contributed by atoms with Gasteiger partial charge in [-0.1, -0.05) is 13.8 Å². The van der Waals surface area contributed by atoms with Crippen molar-refractivity contribution in [3.63, 3.8) is 0 Å². The van der Waals surface area contributed by atoms with E-state index in [9.17, 15) is 0 Å². The first-order valence-corrected chi connectivity index (χ1v) is 4.08. The fraction of sp³-hybridized carbons (Fsp3) is 1.00. The molecule has 0 spiro atoms. The van der Waals surface area contributed by atoms with Crippen molar-refractivity contribution in [3.05, 3.63) is 0 Å². The number of nitrogens with two attached hydrogens (primary N) is 1. The largest absolute Gasteiger partial charge is 0.374 e. The molecule has 0 heterocycles. The maximum Gasteiger partial charge on any atom is 0.0798 e. The molecule has 11 heavy (non-hydrogen) atoms. The zero-order chi connectivity index (χ0) is 8.04. The quantitative estimate of drug-likeness (QED) is 0.779. The Kier molecular flexibility index (Phi) is 9.43. The molecule has 2 N–H and O–H groups in total. The van der Waals surface area contributed by atoms with Gasteiger partial charge >= 0.3 is 0 Å². The van der Waals surface area contributed by atoms with Gasteiger partial charge in [0, 0.05) is 13.2 Å². The van der Waals surface area contributed by atoms with Crippen LogP contribution < -0.4 is 5.73 Å². The lowest BCUT2D eigenvalue weighted by molar-refractivity contribution is -0.0377. The number of halogens is 1. The highest BCUT2D eigenvalue weighted by Crippen LogP contribution is 2.18. The molecule has 2 nitrogen and oxygen atoms in total. The third-order valence-corrected chi connectivity index (χ3v) is 2.11. The average Bonchev–Trinajstić information content (AvgIpc) is 2.01. The SMILES string of the molecule is CCOC(CC)(CC)CN.I. The average molecular weight is 273 g/mol. The van der Waals surface area contributed by atoms with Gasteiger partial charge in [-0.3, -0.25) is 0 Å². The Morgan fingerprint density at radius 3 is 1.73 bits per heavy atom. The van der Waals surface area contributed by atoms with Crippen LogP contribution >= 0.6 is 24.0 Å². The van der Waals surface area contributed by atoms with Gasteiger partial charge in [0.2, 0.25) is 0 Å². The molecule has 0 atom stereocenters. The summed E-state index contributed by atoms with van der Waals surface area (Å²) < 4.78 is 5.55. The van der Waals surface area contributed by atoms with Gasteiger partial charge in [-0.25, -0.2) is 0 Å². The predicted molar refractivity (Wildman–Crippen MR) is 59.4 cm³/mol. The first-order chi connectivity index (χ1) is 4.74. The first-order valence-electron chi connectivity index (χ1n) is 4.08. The minimum atomic E-state index is -0.0469. The molecule has 0 aromatic rings. The predicted octanol–water partition coefficient (Wildman–Crippen LogP) is 2.16. The van der Waals surface area contributed by atoms with Gasteiger partial charge in [0.15, 0.2) is 0 Å². The highest BCUT2D eigenvalue weighted by atomic mass is 127. The fourth-order valence-electron chi connectivity index (χ4n) is 1.11. The molecule has 0 aliphatic carbocycles. The van der Waals surface area contributed by atoms with Crippen molar-refractivity contribution in [1.82, 2.24) is 0 Å². The van der Waals surface area contributed by atoms with Crippen LogP contribution in [-0.2, 0) is 4.74 Å². The van der Waals surface area contributed by atoms with E-state index in [-0.39, 0.29) is 29.6 Å². The Morgan fingerprint density at radius 2 is 1.64 bits per heavy atom. The molecule has 0 aromatic heterocycles. The van der Waals surface area contributed by atoms with Crippen LogP contribution in [0.25, 0.3) is 0 Å². The van der Waals surface area contributed by atoms with E-state index in [1.54, 1.807) is 0 Å². The summed E-state index contributed by atoms with van der Waals surface area (Å²) in [5.74, 6) is 0. The molecule has 0 aliphatic heterocycles. The fourth-order valence-corrected chi connectivity index (χ4v) is 1.11. The van der Waals surface area contributed by atoms with Crippen LogP contribution in [0.15, 0.2) is 0 Å². The Bertz CT molecular complexity index is 75.9. The maximum absolute atomic E-state index is 5.59. The highest BCUT2D eigenvalue weighted by Gasteiger charge is 2.23. The molecule has 70 valence electrons. The van der Waals surface area contributed by atoms with Crippen molar-refractivity contribution < 1.29 is 4.74 Å². The smallest absolute Gasteiger partial charge is 0.0798 e. The lowest BCUT2D eigenvalue weighted by atomic mass is 9.97. The van der Waals surface area contributed by atoms with Crippen LogP contribution in [0.1, 0.15) is 33.6 Å². The summed E-state index contributed by atoms with van der Waals surface area (Å²) in [7, 11) is 0. The zero-order valence-corrected chi connectivity index (χ0v) is 10.1. The van der Waals surface area contributed by atoms with Gasteiger partial charge in [0.1, 0.15) is 0 Å². The van der Waals surface area contributed by atoms with E-state index in [0.29, 0.717) is 6.54 Å². The molecule has 0 aromatic carbocycles. The van der Waals surface area contributed by atoms with Crippen LogP contribution in [0.2, 0.25) is 0 Å². The summed E-state index contributed by atoms with van der Waals surface area (Å²) in [5.41, 5.74) is 5.54. The lowest BCUT2D eigenvalue weighted by Crippen LogP contribution is -2.39. The van der Waals surface area contributed by atoms with E-state index in [1.165, 1.54) is 0 Å². The van der Waals surface area contributed by atoms with Crippen LogP contribution in [0.4, 0.5) is 0 Å². The lowest BCUT2D eigenvalue weighted by Gasteiger charge is -2.29. The zero-order valence-electron chi connectivity index (χ0n) is 7.72. The van der Waals surface area contributed by atoms with Crippen molar-refractivity contribution in [3.8, 4) is 0 Å². The molecule has 0 saturated carbocycles. The molecule has 0 amide bonds. The number of hydrogen-bond acceptors (Lipinski definition) is 2. The summed E-state index contributed by atoms with van der Waals surface area (Å²) in [5, 5.41) is 0. The normalized spacial score (nSPS) is 10.9. The van der Waals surface area contributed by atoms with Crippen molar-refractivity contribution in [2.24, 2.45) is 5.73 Å². The standard InChI is InChI=1S/C8H19NO.HI/c1-4-8(5-2,7-9)10-6-3;/h4-7,9H2,1-3H3;1H. The van der Waals surface area contributed by atoms with Crippen molar-refractivity contribution in [2.75, 3.05) is 13.2 Å². The molecule has 0 rings (SSSR count). The molecule has 3 heteroatoms. The van der Waals surface area contributed by atoms with E-state index in [2.05, 4.69) is 13.8 Å². The molecular formula is C8H20INO. The molecule has 0 fully saturated rings. The van der Waals surface area contributed by atoms with Gasteiger partial charge in [-0.2, -0.15) is 0 Å². The van der Waals surface area contributed by atoms with Crippen molar-refractivity contribution >= 4 is 24.0 Å². The van der Waals surface area contributed by atoms with Crippen molar-refractivity contribution in [2.45, 2.75) is 39.2 Å². The van der Waals surface area contributed by atoms with Crippen molar-refractivity contribution in [1.29, 1.82) is 0 Å². The van der Waals surface area contributed by atoms with Gasteiger partial charge in [-0.05, 0) is 19.8 Å². The Hall–Kier alpha value is 0.650. The minimum absolute atomic E-state index is 0. The third kappa shape index (κ3) is 4.28. The van der Waals surface area contributed by atoms with E-state index in [4.69, 9.17) is 10.5 Å². The second-order valence-electron chi connectivity index (χ2n) is 2.53. The Labute approximate surface area is 86.9 Å². The summed E-state index contributed by atoms with van der Waals surface area (Å²) in [6, 6.07) is 0. The topological polar surface area (TPSA) is 35.2 Å². The van der Waals surface area contributed by atoms with E-state index < -0.39 is 0 Å². The molecular weight excluding hydrogens is 253 g/mol. The monoisotopic (exact) mass is 273 g/mol. The Balaban J connectivity index is 0. The maximum atomic E-state index is 5.59. The molecule has 0 saturated heterocycles. The van der Waals surface area contributed by atoms with E-state index in [1.807, 2.05) is 6.92 Å². The minimum Gasteiger partial charge on any atom is -0.374 e. The number of hydrogen-bond donors (Lipinski definition) is 1. The first kappa shape index (κ1) is 14.2. The molecule has 0 radical (unpaired) electrons. The second kappa shape index (κ2) is 7.31. The van der Waals surface area contributed by atoms with Gasteiger partial charge in [0.25, 0.3) is 0 Å². The highest BCUT2D eigenvalue weighted by molar-refractivity contribution is 14.0. The summed E-state index contributed by atoms with van der Waals surface area (Å²) in [4.78, 5) is 0. The van der Waals surface area contributed by atoms with Crippen LogP contribution in [0, 0.1) is 0 Å². The molecule has 0 aliphatic rings. The molecule has 0 bridgehead atoms. The summed E-state index contributed by atoms with van der Waals surface area (Å²) >= 11 is 0. The number of ether oxygens (including phenoxy) is 1. The third-order valence-electron chi connectivity index (χ3n) is 2.11. The van der Waals surface area contributed by atoms with Crippen LogP contribution in [0.3, 0.4) is 0 Å². The molecule has 0 unspecified atom stereocenters. The van der Waals surface area contributed by atoms with Gasteiger partial charge in [0.05, 0.1) is 5.60 Å². The summed E-state index contributed by atoms with van der Waals surface area (Å²) in [6.45, 7) is 7.64. The Morgan fingerprint density at radius 1 is 1.18 bits per heavy atom. The number of rotatable bonds is 5.